The van der Waals surface area contributed by atoms with Gasteiger partial charge in [0, 0.05) is 0 Å². The maximum Gasteiger partial charge on any atom is 0.270 e. The summed E-state index contributed by atoms with van der Waals surface area (Å²) in [5.74, 6) is -3.19. The van der Waals surface area contributed by atoms with Gasteiger partial charge in [0.1, 0.15) is 11.6 Å². The summed E-state index contributed by atoms with van der Waals surface area (Å²) in [4.78, 5) is 16.8. The van der Waals surface area contributed by atoms with Crippen molar-refractivity contribution in [3.63, 3.8) is 0 Å². The molecule has 0 spiro atoms. The van der Waals surface area contributed by atoms with Crippen LogP contribution in [0.1, 0.15) is 16.8 Å². The van der Waals surface area contributed by atoms with Crippen LogP contribution in [0.3, 0.4) is 0 Å². The van der Waals surface area contributed by atoms with Crippen molar-refractivity contribution in [3.05, 3.63) is 80.0 Å². The molecule has 0 amide bonds. The Hall–Kier alpha value is -3.57. The van der Waals surface area contributed by atoms with Gasteiger partial charge >= 0.3 is 0 Å². The molecule has 0 fully saturated rings. The predicted octanol–water partition coefficient (Wildman–Crippen LogP) is 4.13. The largest absolute Gasteiger partial charge is 0.503 e. The normalized spacial score (nSPS) is 10.9. The standard InChI is InChI=1S/C19H11F2N3O2S/c20-14-7-11(8-15(21)17(14)25)12-4-2-1-3-10(12)5-6-16-13(9-22)18(26)24-19(27)23-16/h1-8,25H,(H2,23,24,26,27). The molecular weight excluding hydrogens is 372 g/mol. The first-order chi connectivity index (χ1) is 12.9. The molecule has 8 heteroatoms. The number of aromatic nitrogens is 2. The van der Waals surface area contributed by atoms with Gasteiger partial charge in [-0.1, -0.05) is 30.3 Å². The van der Waals surface area contributed by atoms with Crippen LogP contribution >= 0.6 is 12.2 Å². The smallest absolute Gasteiger partial charge is 0.270 e. The number of phenolic OH excluding ortho intramolecular Hbond substituents is 1. The molecule has 0 saturated carbocycles. The quantitative estimate of drug-likeness (QED) is 0.593. The molecule has 0 aliphatic rings. The van der Waals surface area contributed by atoms with Crippen LogP contribution in [0.25, 0.3) is 23.3 Å². The Bertz CT molecular complexity index is 1200. The Morgan fingerprint density at radius 3 is 2.44 bits per heavy atom. The highest BCUT2D eigenvalue weighted by Gasteiger charge is 2.12. The van der Waals surface area contributed by atoms with Gasteiger partial charge < -0.3 is 10.1 Å². The average Bonchev–Trinajstić information content (AvgIpc) is 2.64. The fraction of sp³-hybridized carbons (Fsp3) is 0. The summed E-state index contributed by atoms with van der Waals surface area (Å²) in [5.41, 5.74) is 0.751. The Kier molecular flexibility index (Phi) is 4.96. The van der Waals surface area contributed by atoms with Crippen molar-refractivity contribution in [3.8, 4) is 22.9 Å². The topological polar surface area (TPSA) is 92.7 Å². The lowest BCUT2D eigenvalue weighted by molar-refractivity contribution is 0.396. The number of benzene rings is 2. The molecule has 0 aliphatic heterocycles. The van der Waals surface area contributed by atoms with E-state index in [1.807, 2.05) is 0 Å². The van der Waals surface area contributed by atoms with Crippen LogP contribution in [-0.2, 0) is 0 Å². The van der Waals surface area contributed by atoms with E-state index in [1.165, 1.54) is 6.08 Å². The molecule has 0 radical (unpaired) electrons. The SMILES string of the molecule is N#Cc1c(C=Cc2ccccc2-c2cc(F)c(O)c(F)c2)[nH]c(=S)[nH]c1=O. The zero-order valence-electron chi connectivity index (χ0n) is 13.6. The molecule has 0 bridgehead atoms. The van der Waals surface area contributed by atoms with Gasteiger partial charge in [-0.2, -0.15) is 5.26 Å². The van der Waals surface area contributed by atoms with E-state index in [0.29, 0.717) is 11.1 Å². The number of halogens is 2. The highest BCUT2D eigenvalue weighted by Crippen LogP contribution is 2.30. The molecule has 0 saturated heterocycles. The van der Waals surface area contributed by atoms with E-state index in [1.54, 1.807) is 36.4 Å². The van der Waals surface area contributed by atoms with Crippen LogP contribution in [0.15, 0.2) is 41.2 Å². The first-order valence-electron chi connectivity index (χ1n) is 7.63. The van der Waals surface area contributed by atoms with Crippen molar-refractivity contribution in [1.29, 1.82) is 5.26 Å². The molecule has 1 aromatic heterocycles. The average molecular weight is 383 g/mol. The fourth-order valence-electron chi connectivity index (χ4n) is 2.54. The van der Waals surface area contributed by atoms with Gasteiger partial charge in [-0.05, 0) is 47.1 Å². The van der Waals surface area contributed by atoms with E-state index >= 15 is 0 Å². The maximum atomic E-state index is 13.7. The minimum atomic E-state index is -1.07. The van der Waals surface area contributed by atoms with Crippen LogP contribution in [-0.4, -0.2) is 15.1 Å². The van der Waals surface area contributed by atoms with E-state index < -0.39 is 22.9 Å². The maximum absolute atomic E-state index is 13.7. The van der Waals surface area contributed by atoms with Gasteiger partial charge in [0.2, 0.25) is 0 Å². The Balaban J connectivity index is 2.12. The van der Waals surface area contributed by atoms with Crippen molar-refractivity contribution < 1.29 is 13.9 Å². The molecule has 3 aromatic rings. The highest BCUT2D eigenvalue weighted by atomic mass is 32.1. The summed E-state index contributed by atoms with van der Waals surface area (Å²) < 4.78 is 27.5. The number of aromatic hydroxyl groups is 1. The second-order valence-electron chi connectivity index (χ2n) is 5.52. The molecule has 27 heavy (non-hydrogen) atoms. The van der Waals surface area contributed by atoms with Crippen LogP contribution in [0.5, 0.6) is 5.75 Å². The summed E-state index contributed by atoms with van der Waals surface area (Å²) in [6, 6.07) is 10.6. The van der Waals surface area contributed by atoms with Gasteiger partial charge in [-0.15, -0.1) is 0 Å². The zero-order valence-corrected chi connectivity index (χ0v) is 14.4. The number of nitriles is 1. The number of rotatable bonds is 3. The number of phenols is 1. The molecule has 2 aromatic carbocycles. The fourth-order valence-corrected chi connectivity index (χ4v) is 2.74. The molecule has 5 nitrogen and oxygen atoms in total. The van der Waals surface area contributed by atoms with Crippen molar-refractivity contribution in [2.45, 2.75) is 0 Å². The summed E-state index contributed by atoms with van der Waals surface area (Å²) in [6.07, 6.45) is 3.06. The van der Waals surface area contributed by atoms with Crippen molar-refractivity contribution >= 4 is 24.4 Å². The number of nitrogens with one attached hydrogen (secondary N) is 2. The second-order valence-corrected chi connectivity index (χ2v) is 5.93. The third-order valence-corrected chi connectivity index (χ3v) is 4.01. The molecule has 3 N–H and O–H groups in total. The highest BCUT2D eigenvalue weighted by molar-refractivity contribution is 7.71. The van der Waals surface area contributed by atoms with Gasteiger partial charge in [0.15, 0.2) is 22.2 Å². The molecule has 0 unspecified atom stereocenters. The Labute approximate surface area is 156 Å². The molecule has 0 aliphatic carbocycles. The van der Waals surface area contributed by atoms with Gasteiger partial charge in [0.05, 0.1) is 5.69 Å². The van der Waals surface area contributed by atoms with Crippen LogP contribution in [0.4, 0.5) is 8.78 Å². The van der Waals surface area contributed by atoms with Crippen LogP contribution in [0, 0.1) is 27.7 Å². The summed E-state index contributed by atoms with van der Waals surface area (Å²) in [5, 5.41) is 18.4. The summed E-state index contributed by atoms with van der Waals surface area (Å²) in [6.45, 7) is 0. The number of hydrogen-bond donors (Lipinski definition) is 3. The summed E-state index contributed by atoms with van der Waals surface area (Å²) >= 11 is 4.91. The second kappa shape index (κ2) is 7.35. The minimum absolute atomic E-state index is 0.0645. The number of nitrogens with zero attached hydrogens (tertiary/aromatic N) is 1. The van der Waals surface area contributed by atoms with Crippen LogP contribution < -0.4 is 5.56 Å². The molecule has 1 heterocycles. The third-order valence-electron chi connectivity index (χ3n) is 3.80. The minimum Gasteiger partial charge on any atom is -0.503 e. The first kappa shape index (κ1) is 18.2. The van der Waals surface area contributed by atoms with Crippen LogP contribution in [0.2, 0.25) is 0 Å². The predicted molar refractivity (Wildman–Crippen MR) is 99.3 cm³/mol. The lowest BCUT2D eigenvalue weighted by atomic mass is 9.98. The Morgan fingerprint density at radius 2 is 1.78 bits per heavy atom. The van der Waals surface area contributed by atoms with Gasteiger partial charge in [0.25, 0.3) is 5.56 Å². The van der Waals surface area contributed by atoms with E-state index in [-0.39, 0.29) is 21.6 Å². The molecule has 134 valence electrons. The van der Waals surface area contributed by atoms with E-state index in [0.717, 1.165) is 12.1 Å². The number of aromatic amines is 2. The number of hydrogen-bond acceptors (Lipinski definition) is 4. The molecule has 0 atom stereocenters. The summed E-state index contributed by atoms with van der Waals surface area (Å²) in [7, 11) is 0. The Morgan fingerprint density at radius 1 is 1.11 bits per heavy atom. The van der Waals surface area contributed by atoms with Crippen molar-refractivity contribution in [2.24, 2.45) is 0 Å². The van der Waals surface area contributed by atoms with Gasteiger partial charge in [-0.3, -0.25) is 9.78 Å². The molecular formula is C19H11F2N3O2S. The van der Waals surface area contributed by atoms with Gasteiger partial charge in [-0.25, -0.2) is 8.78 Å². The van der Waals surface area contributed by atoms with Crippen molar-refractivity contribution in [1.82, 2.24) is 9.97 Å². The third kappa shape index (κ3) is 3.68. The number of H-pyrrole nitrogens is 2. The molecule has 3 rings (SSSR count). The monoisotopic (exact) mass is 383 g/mol. The lowest BCUT2D eigenvalue weighted by Gasteiger charge is -2.08. The lowest BCUT2D eigenvalue weighted by Crippen LogP contribution is -2.13. The van der Waals surface area contributed by atoms with Crippen molar-refractivity contribution in [2.75, 3.05) is 0 Å². The first-order valence-corrected chi connectivity index (χ1v) is 8.03. The zero-order chi connectivity index (χ0) is 19.6. The van der Waals surface area contributed by atoms with E-state index in [9.17, 15) is 18.7 Å². The van der Waals surface area contributed by atoms with E-state index in [4.69, 9.17) is 17.5 Å². The van der Waals surface area contributed by atoms with E-state index in [2.05, 4.69) is 9.97 Å².